The standard InChI is InChI=1S/C15H19N/c1-15(2,3)13-8-6-12(7-9-13)11-14-5-4-10-16-14/h4-10,16H,11H2,1-3H3. The van der Waals surface area contributed by atoms with Crippen molar-refractivity contribution in [2.24, 2.45) is 0 Å². The van der Waals surface area contributed by atoms with E-state index in [1.54, 1.807) is 0 Å². The van der Waals surface area contributed by atoms with Crippen molar-refractivity contribution in [3.63, 3.8) is 0 Å². The zero-order chi connectivity index (χ0) is 11.6. The Balaban J connectivity index is 2.14. The van der Waals surface area contributed by atoms with Crippen LogP contribution in [0.5, 0.6) is 0 Å². The minimum absolute atomic E-state index is 0.241. The summed E-state index contributed by atoms with van der Waals surface area (Å²) in [6.07, 6.45) is 2.95. The van der Waals surface area contributed by atoms with Gasteiger partial charge < -0.3 is 4.98 Å². The van der Waals surface area contributed by atoms with E-state index in [1.165, 1.54) is 16.8 Å². The van der Waals surface area contributed by atoms with Gasteiger partial charge in [-0.25, -0.2) is 0 Å². The Morgan fingerprint density at radius 2 is 1.69 bits per heavy atom. The second-order valence-electron chi connectivity index (χ2n) is 5.32. The van der Waals surface area contributed by atoms with E-state index in [-0.39, 0.29) is 5.41 Å². The second-order valence-corrected chi connectivity index (χ2v) is 5.32. The van der Waals surface area contributed by atoms with Crippen molar-refractivity contribution >= 4 is 0 Å². The van der Waals surface area contributed by atoms with E-state index in [9.17, 15) is 0 Å². The lowest BCUT2D eigenvalue weighted by Crippen LogP contribution is -2.10. The SMILES string of the molecule is CC(C)(C)c1ccc(Cc2ccc[nH]2)cc1. The molecule has 1 heterocycles. The first-order chi connectivity index (χ1) is 7.55. The molecule has 1 aromatic heterocycles. The molecule has 0 unspecified atom stereocenters. The monoisotopic (exact) mass is 213 g/mol. The molecule has 84 valence electrons. The molecule has 0 bridgehead atoms. The topological polar surface area (TPSA) is 15.8 Å². The molecule has 1 nitrogen and oxygen atoms in total. The van der Waals surface area contributed by atoms with E-state index in [0.717, 1.165) is 6.42 Å². The number of aromatic nitrogens is 1. The highest BCUT2D eigenvalue weighted by Gasteiger charge is 2.12. The Hall–Kier alpha value is -1.50. The molecule has 1 aromatic carbocycles. The van der Waals surface area contributed by atoms with Crippen LogP contribution in [-0.2, 0) is 11.8 Å². The third kappa shape index (κ3) is 2.54. The molecule has 0 aliphatic carbocycles. The van der Waals surface area contributed by atoms with Gasteiger partial charge in [-0.15, -0.1) is 0 Å². The lowest BCUT2D eigenvalue weighted by atomic mass is 9.86. The average molecular weight is 213 g/mol. The summed E-state index contributed by atoms with van der Waals surface area (Å²) in [7, 11) is 0. The molecule has 0 saturated carbocycles. The van der Waals surface area contributed by atoms with Crippen LogP contribution in [0.4, 0.5) is 0 Å². The average Bonchev–Trinajstić information content (AvgIpc) is 2.70. The van der Waals surface area contributed by atoms with Gasteiger partial charge in [0.05, 0.1) is 0 Å². The molecule has 0 saturated heterocycles. The van der Waals surface area contributed by atoms with Crippen LogP contribution in [0.15, 0.2) is 42.6 Å². The molecule has 0 aliphatic rings. The van der Waals surface area contributed by atoms with Gasteiger partial charge >= 0.3 is 0 Å². The quantitative estimate of drug-likeness (QED) is 0.778. The maximum Gasteiger partial charge on any atom is 0.0191 e. The van der Waals surface area contributed by atoms with Crippen LogP contribution in [0.2, 0.25) is 0 Å². The molecular formula is C15H19N. The summed E-state index contributed by atoms with van der Waals surface area (Å²) in [4.78, 5) is 3.23. The van der Waals surface area contributed by atoms with E-state index in [1.807, 2.05) is 12.3 Å². The van der Waals surface area contributed by atoms with Crippen molar-refractivity contribution in [1.29, 1.82) is 0 Å². The van der Waals surface area contributed by atoms with Gasteiger partial charge in [-0.05, 0) is 28.7 Å². The number of aromatic amines is 1. The van der Waals surface area contributed by atoms with Crippen molar-refractivity contribution in [1.82, 2.24) is 4.98 Å². The lowest BCUT2D eigenvalue weighted by molar-refractivity contribution is 0.590. The third-order valence-electron chi connectivity index (χ3n) is 2.88. The highest BCUT2D eigenvalue weighted by Crippen LogP contribution is 2.22. The number of hydrogen-bond donors (Lipinski definition) is 1. The van der Waals surface area contributed by atoms with Gasteiger partial charge in [0.25, 0.3) is 0 Å². The molecule has 2 aromatic rings. The molecule has 0 spiro atoms. The first kappa shape index (κ1) is 11.0. The smallest absolute Gasteiger partial charge is 0.0191 e. The Morgan fingerprint density at radius 3 is 2.19 bits per heavy atom. The Bertz CT molecular complexity index is 429. The van der Waals surface area contributed by atoms with E-state index >= 15 is 0 Å². The van der Waals surface area contributed by atoms with Crippen LogP contribution in [-0.4, -0.2) is 4.98 Å². The minimum atomic E-state index is 0.241. The van der Waals surface area contributed by atoms with Crippen LogP contribution in [0.25, 0.3) is 0 Å². The molecule has 0 atom stereocenters. The van der Waals surface area contributed by atoms with Gasteiger partial charge in [0.1, 0.15) is 0 Å². The normalized spacial score (nSPS) is 11.7. The van der Waals surface area contributed by atoms with Crippen molar-refractivity contribution in [2.75, 3.05) is 0 Å². The number of hydrogen-bond acceptors (Lipinski definition) is 0. The molecule has 1 heteroatoms. The summed E-state index contributed by atoms with van der Waals surface area (Å²) in [6.45, 7) is 6.73. The number of rotatable bonds is 2. The molecule has 0 amide bonds. The largest absolute Gasteiger partial charge is 0.365 e. The van der Waals surface area contributed by atoms with Crippen molar-refractivity contribution in [2.45, 2.75) is 32.6 Å². The highest BCUT2D eigenvalue weighted by atomic mass is 14.7. The van der Waals surface area contributed by atoms with Crippen LogP contribution in [0, 0.1) is 0 Å². The molecule has 0 aliphatic heterocycles. The van der Waals surface area contributed by atoms with Crippen LogP contribution >= 0.6 is 0 Å². The summed E-state index contributed by atoms with van der Waals surface area (Å²) < 4.78 is 0. The van der Waals surface area contributed by atoms with Gasteiger partial charge in [0, 0.05) is 18.3 Å². The van der Waals surface area contributed by atoms with Gasteiger partial charge in [0.15, 0.2) is 0 Å². The third-order valence-corrected chi connectivity index (χ3v) is 2.88. The molecule has 2 rings (SSSR count). The summed E-state index contributed by atoms with van der Waals surface area (Å²) >= 11 is 0. The van der Waals surface area contributed by atoms with E-state index in [4.69, 9.17) is 0 Å². The van der Waals surface area contributed by atoms with Crippen molar-refractivity contribution in [3.8, 4) is 0 Å². The highest BCUT2D eigenvalue weighted by molar-refractivity contribution is 5.29. The van der Waals surface area contributed by atoms with E-state index in [0.29, 0.717) is 0 Å². The predicted octanol–water partition coefficient (Wildman–Crippen LogP) is 3.90. The minimum Gasteiger partial charge on any atom is -0.365 e. The summed E-state index contributed by atoms with van der Waals surface area (Å²) in [5, 5.41) is 0. The fourth-order valence-electron chi connectivity index (χ4n) is 1.82. The van der Waals surface area contributed by atoms with Gasteiger partial charge in [-0.1, -0.05) is 45.0 Å². The second kappa shape index (κ2) is 4.17. The van der Waals surface area contributed by atoms with E-state index < -0.39 is 0 Å². The molecule has 1 N–H and O–H groups in total. The first-order valence-electron chi connectivity index (χ1n) is 5.77. The predicted molar refractivity (Wildman–Crippen MR) is 68.7 cm³/mol. The maximum absolute atomic E-state index is 3.23. The molecular weight excluding hydrogens is 194 g/mol. The lowest BCUT2D eigenvalue weighted by Gasteiger charge is -2.19. The molecule has 0 radical (unpaired) electrons. The van der Waals surface area contributed by atoms with Crippen LogP contribution in [0.1, 0.15) is 37.6 Å². The Labute approximate surface area is 97.5 Å². The van der Waals surface area contributed by atoms with Gasteiger partial charge in [-0.2, -0.15) is 0 Å². The number of H-pyrrole nitrogens is 1. The summed E-state index contributed by atoms with van der Waals surface area (Å²) in [5.41, 5.74) is 4.26. The van der Waals surface area contributed by atoms with Gasteiger partial charge in [0.2, 0.25) is 0 Å². The zero-order valence-corrected chi connectivity index (χ0v) is 10.2. The van der Waals surface area contributed by atoms with Gasteiger partial charge in [-0.3, -0.25) is 0 Å². The fraction of sp³-hybridized carbons (Fsp3) is 0.333. The summed E-state index contributed by atoms with van der Waals surface area (Å²) in [5.74, 6) is 0. The first-order valence-corrected chi connectivity index (χ1v) is 5.77. The Kier molecular flexibility index (Phi) is 2.86. The van der Waals surface area contributed by atoms with Crippen LogP contribution < -0.4 is 0 Å². The van der Waals surface area contributed by atoms with Crippen molar-refractivity contribution < 1.29 is 0 Å². The molecule has 16 heavy (non-hydrogen) atoms. The fourth-order valence-corrected chi connectivity index (χ4v) is 1.82. The molecule has 0 fully saturated rings. The van der Waals surface area contributed by atoms with Crippen molar-refractivity contribution in [3.05, 3.63) is 59.4 Å². The van der Waals surface area contributed by atoms with Crippen LogP contribution in [0.3, 0.4) is 0 Å². The zero-order valence-electron chi connectivity index (χ0n) is 10.2. The number of nitrogens with one attached hydrogen (secondary N) is 1. The van der Waals surface area contributed by atoms with E-state index in [2.05, 4.69) is 56.1 Å². The summed E-state index contributed by atoms with van der Waals surface area (Å²) in [6, 6.07) is 13.1. The number of benzene rings is 1. The maximum atomic E-state index is 3.23. The Morgan fingerprint density at radius 1 is 1.00 bits per heavy atom.